The lowest BCUT2D eigenvalue weighted by atomic mass is 10.1. The summed E-state index contributed by atoms with van der Waals surface area (Å²) in [5.41, 5.74) is 0. The van der Waals surface area contributed by atoms with E-state index in [1.54, 1.807) is 0 Å². The quantitative estimate of drug-likeness (QED) is 0.548. The van der Waals surface area contributed by atoms with Crippen LogP contribution in [0.25, 0.3) is 0 Å². The van der Waals surface area contributed by atoms with Crippen molar-refractivity contribution >= 4 is 11.8 Å². The average molecular weight is 258 g/mol. The van der Waals surface area contributed by atoms with Gasteiger partial charge in [-0.2, -0.15) is 0 Å². The van der Waals surface area contributed by atoms with Gasteiger partial charge in [-0.05, 0) is 12.8 Å². The third-order valence-corrected chi connectivity index (χ3v) is 2.58. The van der Waals surface area contributed by atoms with E-state index in [0.29, 0.717) is 0 Å². The van der Waals surface area contributed by atoms with Gasteiger partial charge >= 0.3 is 0 Å². The van der Waals surface area contributed by atoms with Gasteiger partial charge in [0.25, 0.3) is 0 Å². The number of carbonyl (C=O) groups is 2. The first-order valence-electron chi connectivity index (χ1n) is 6.67. The lowest BCUT2D eigenvalue weighted by Gasteiger charge is -2.05. The minimum absolute atomic E-state index is 0.0433. The Labute approximate surface area is 110 Å². The molecule has 0 saturated heterocycles. The number of methoxy groups -OCH3 is 1. The fourth-order valence-electron chi connectivity index (χ4n) is 1.63. The first-order chi connectivity index (χ1) is 8.66. The minimum atomic E-state index is -0.0483. The summed E-state index contributed by atoms with van der Waals surface area (Å²) >= 11 is 0. The molecule has 2 N–H and O–H groups in total. The molecule has 18 heavy (non-hydrogen) atoms. The van der Waals surface area contributed by atoms with Gasteiger partial charge in [-0.15, -0.1) is 0 Å². The molecule has 0 aromatic rings. The standard InChI is InChI=1S/C13H26N2O3/c1-12(16)14-9-7-5-3-4-6-8-10-15-13(17)11-18-2/h3-11H2,1-2H3,(H,14,16)(H,15,17). The Morgan fingerprint density at radius 1 is 0.889 bits per heavy atom. The summed E-state index contributed by atoms with van der Waals surface area (Å²) in [5.74, 6) is -0.00499. The fourth-order valence-corrected chi connectivity index (χ4v) is 1.63. The second kappa shape index (κ2) is 12.4. The predicted molar refractivity (Wildman–Crippen MR) is 71.3 cm³/mol. The number of nitrogens with one attached hydrogen (secondary N) is 2. The van der Waals surface area contributed by atoms with Crippen LogP contribution in [-0.4, -0.2) is 38.6 Å². The summed E-state index contributed by atoms with van der Waals surface area (Å²) in [4.78, 5) is 21.6. The summed E-state index contributed by atoms with van der Waals surface area (Å²) in [7, 11) is 1.51. The van der Waals surface area contributed by atoms with Gasteiger partial charge in [0.15, 0.2) is 0 Å². The van der Waals surface area contributed by atoms with Gasteiger partial charge in [0, 0.05) is 27.1 Å². The molecule has 0 heterocycles. The minimum Gasteiger partial charge on any atom is -0.375 e. The second-order valence-corrected chi connectivity index (χ2v) is 4.39. The highest BCUT2D eigenvalue weighted by atomic mass is 16.5. The van der Waals surface area contributed by atoms with Crippen LogP contribution in [0.3, 0.4) is 0 Å². The van der Waals surface area contributed by atoms with Crippen LogP contribution in [0.2, 0.25) is 0 Å². The van der Waals surface area contributed by atoms with Gasteiger partial charge in [0.1, 0.15) is 6.61 Å². The molecule has 2 amide bonds. The zero-order chi connectivity index (χ0) is 13.6. The van der Waals surface area contributed by atoms with Crippen LogP contribution in [0.15, 0.2) is 0 Å². The Morgan fingerprint density at radius 2 is 1.39 bits per heavy atom. The highest BCUT2D eigenvalue weighted by Crippen LogP contribution is 2.04. The van der Waals surface area contributed by atoms with Crippen LogP contribution in [0, 0.1) is 0 Å². The highest BCUT2D eigenvalue weighted by Gasteiger charge is 1.98. The number of hydrogen-bond donors (Lipinski definition) is 2. The molecule has 0 atom stereocenters. The Kier molecular flexibility index (Phi) is 11.6. The summed E-state index contributed by atoms with van der Waals surface area (Å²) < 4.78 is 4.71. The van der Waals surface area contributed by atoms with Crippen molar-refractivity contribution in [3.8, 4) is 0 Å². The average Bonchev–Trinajstić information content (AvgIpc) is 2.31. The van der Waals surface area contributed by atoms with E-state index in [2.05, 4.69) is 10.6 Å². The maximum Gasteiger partial charge on any atom is 0.245 e. The summed E-state index contributed by atoms with van der Waals surface area (Å²) in [6.07, 6.45) is 6.71. The van der Waals surface area contributed by atoms with E-state index in [1.807, 2.05) is 0 Å². The number of rotatable bonds is 11. The smallest absolute Gasteiger partial charge is 0.245 e. The van der Waals surface area contributed by atoms with Gasteiger partial charge in [-0.1, -0.05) is 25.7 Å². The number of carbonyl (C=O) groups excluding carboxylic acids is 2. The first kappa shape index (κ1) is 16.9. The molecule has 0 bridgehead atoms. The largest absolute Gasteiger partial charge is 0.375 e. The number of hydrogen-bond acceptors (Lipinski definition) is 3. The monoisotopic (exact) mass is 258 g/mol. The molecular weight excluding hydrogens is 232 g/mol. The molecule has 0 fully saturated rings. The van der Waals surface area contributed by atoms with E-state index in [0.717, 1.165) is 38.8 Å². The van der Waals surface area contributed by atoms with Crippen LogP contribution < -0.4 is 10.6 Å². The van der Waals surface area contributed by atoms with Crippen LogP contribution in [0.1, 0.15) is 45.4 Å². The molecule has 0 radical (unpaired) electrons. The Hall–Kier alpha value is -1.10. The summed E-state index contributed by atoms with van der Waals surface area (Å²) in [5, 5.41) is 5.58. The van der Waals surface area contributed by atoms with Crippen molar-refractivity contribution in [1.29, 1.82) is 0 Å². The van der Waals surface area contributed by atoms with Crippen molar-refractivity contribution in [3.63, 3.8) is 0 Å². The third-order valence-electron chi connectivity index (χ3n) is 2.58. The van der Waals surface area contributed by atoms with Crippen LogP contribution >= 0.6 is 0 Å². The molecule has 0 saturated carbocycles. The number of amides is 2. The molecule has 0 unspecified atom stereocenters. The molecule has 0 aliphatic rings. The fraction of sp³-hybridized carbons (Fsp3) is 0.846. The van der Waals surface area contributed by atoms with E-state index < -0.39 is 0 Å². The van der Waals surface area contributed by atoms with Crippen molar-refractivity contribution in [2.45, 2.75) is 45.4 Å². The van der Waals surface area contributed by atoms with Crippen LogP contribution in [0.5, 0.6) is 0 Å². The Balaban J connectivity index is 3.07. The SMILES string of the molecule is COCC(=O)NCCCCCCCCNC(C)=O. The Morgan fingerprint density at radius 3 is 1.89 bits per heavy atom. The van der Waals surface area contributed by atoms with Crippen LogP contribution in [0.4, 0.5) is 0 Å². The molecule has 0 aromatic heterocycles. The van der Waals surface area contributed by atoms with Crippen LogP contribution in [-0.2, 0) is 14.3 Å². The van der Waals surface area contributed by atoms with Gasteiger partial charge < -0.3 is 15.4 Å². The normalized spacial score (nSPS) is 10.1. The zero-order valence-corrected chi connectivity index (χ0v) is 11.6. The molecule has 106 valence electrons. The lowest BCUT2D eigenvalue weighted by Crippen LogP contribution is -2.27. The van der Waals surface area contributed by atoms with E-state index in [-0.39, 0.29) is 18.4 Å². The first-order valence-corrected chi connectivity index (χ1v) is 6.67. The van der Waals surface area contributed by atoms with Gasteiger partial charge in [-0.3, -0.25) is 9.59 Å². The van der Waals surface area contributed by atoms with Gasteiger partial charge in [0.05, 0.1) is 0 Å². The van der Waals surface area contributed by atoms with E-state index in [4.69, 9.17) is 4.74 Å². The van der Waals surface area contributed by atoms with Crippen molar-refractivity contribution < 1.29 is 14.3 Å². The zero-order valence-electron chi connectivity index (χ0n) is 11.6. The van der Waals surface area contributed by atoms with Crippen molar-refractivity contribution in [3.05, 3.63) is 0 Å². The van der Waals surface area contributed by atoms with E-state index in [1.165, 1.54) is 26.9 Å². The summed E-state index contributed by atoms with van der Waals surface area (Å²) in [6, 6.07) is 0. The van der Waals surface area contributed by atoms with Crippen molar-refractivity contribution in [2.75, 3.05) is 26.8 Å². The Bertz CT molecular complexity index is 232. The number of ether oxygens (including phenoxy) is 1. The van der Waals surface area contributed by atoms with E-state index >= 15 is 0 Å². The van der Waals surface area contributed by atoms with Crippen molar-refractivity contribution in [1.82, 2.24) is 10.6 Å². The molecule has 0 aliphatic heterocycles. The summed E-state index contributed by atoms with van der Waals surface area (Å²) in [6.45, 7) is 3.19. The van der Waals surface area contributed by atoms with E-state index in [9.17, 15) is 9.59 Å². The highest BCUT2D eigenvalue weighted by molar-refractivity contribution is 5.77. The van der Waals surface area contributed by atoms with Gasteiger partial charge in [-0.25, -0.2) is 0 Å². The second-order valence-electron chi connectivity index (χ2n) is 4.39. The third kappa shape index (κ3) is 13.0. The molecule has 0 aliphatic carbocycles. The molecular formula is C13H26N2O3. The van der Waals surface area contributed by atoms with Gasteiger partial charge in [0.2, 0.25) is 11.8 Å². The maximum atomic E-state index is 11.0. The number of unbranched alkanes of at least 4 members (excludes halogenated alkanes) is 5. The molecule has 0 aromatic carbocycles. The maximum absolute atomic E-state index is 11.0. The molecule has 0 rings (SSSR count). The molecule has 0 spiro atoms. The topological polar surface area (TPSA) is 67.4 Å². The molecule has 5 heteroatoms. The lowest BCUT2D eigenvalue weighted by molar-refractivity contribution is -0.124. The molecule has 5 nitrogen and oxygen atoms in total. The van der Waals surface area contributed by atoms with Crippen molar-refractivity contribution in [2.24, 2.45) is 0 Å². The predicted octanol–water partition coefficient (Wildman–Crippen LogP) is 1.23.